The van der Waals surface area contributed by atoms with Crippen molar-refractivity contribution in [2.24, 2.45) is 0 Å². The molecule has 0 radical (unpaired) electrons. The Morgan fingerprint density at radius 1 is 1.44 bits per heavy atom. The number of ether oxygens (including phenoxy) is 2. The summed E-state index contributed by atoms with van der Waals surface area (Å²) in [5.74, 6) is -0.436. The van der Waals surface area contributed by atoms with Crippen molar-refractivity contribution >= 4 is 17.3 Å². The highest BCUT2D eigenvalue weighted by Crippen LogP contribution is 2.18. The second-order valence-electron chi connectivity index (χ2n) is 4.14. The standard InChI is InChI=1S/C13H20N2O3/c1-9(2)18-7-6-15-10-4-5-12(14)11(8-10)13(16)17-3/h4-5,8-9,15H,6-7,14H2,1-3H3. The summed E-state index contributed by atoms with van der Waals surface area (Å²) < 4.78 is 10.1. The zero-order chi connectivity index (χ0) is 13.5. The summed E-state index contributed by atoms with van der Waals surface area (Å²) >= 11 is 0. The minimum Gasteiger partial charge on any atom is -0.465 e. The SMILES string of the molecule is COC(=O)c1cc(NCCOC(C)C)ccc1N. The fraction of sp³-hybridized carbons (Fsp3) is 0.462. The molecule has 0 unspecified atom stereocenters. The van der Waals surface area contributed by atoms with E-state index in [1.165, 1.54) is 7.11 Å². The van der Waals surface area contributed by atoms with Crippen LogP contribution in [0, 0.1) is 0 Å². The fourth-order valence-corrected chi connectivity index (χ4v) is 1.44. The molecule has 5 heteroatoms. The lowest BCUT2D eigenvalue weighted by atomic mass is 10.1. The van der Waals surface area contributed by atoms with Crippen LogP contribution in [-0.4, -0.2) is 32.3 Å². The van der Waals surface area contributed by atoms with Gasteiger partial charge in [0.2, 0.25) is 0 Å². The molecule has 1 rings (SSSR count). The van der Waals surface area contributed by atoms with E-state index in [4.69, 9.17) is 10.5 Å². The number of carbonyl (C=O) groups is 1. The average molecular weight is 252 g/mol. The minimum atomic E-state index is -0.436. The highest BCUT2D eigenvalue weighted by molar-refractivity contribution is 5.96. The van der Waals surface area contributed by atoms with Crippen LogP contribution in [0.15, 0.2) is 18.2 Å². The summed E-state index contributed by atoms with van der Waals surface area (Å²) in [5.41, 5.74) is 7.30. The molecule has 0 spiro atoms. The van der Waals surface area contributed by atoms with E-state index >= 15 is 0 Å². The Morgan fingerprint density at radius 3 is 2.78 bits per heavy atom. The zero-order valence-corrected chi connectivity index (χ0v) is 11.0. The van der Waals surface area contributed by atoms with Crippen LogP contribution in [0.25, 0.3) is 0 Å². The van der Waals surface area contributed by atoms with Gasteiger partial charge >= 0.3 is 5.97 Å². The van der Waals surface area contributed by atoms with Gasteiger partial charge in [0.25, 0.3) is 0 Å². The third kappa shape index (κ3) is 4.25. The first-order valence-electron chi connectivity index (χ1n) is 5.88. The molecule has 0 aromatic heterocycles. The number of nitrogens with two attached hydrogens (primary N) is 1. The molecule has 5 nitrogen and oxygen atoms in total. The van der Waals surface area contributed by atoms with Gasteiger partial charge in [-0.15, -0.1) is 0 Å². The van der Waals surface area contributed by atoms with Crippen LogP contribution in [0.2, 0.25) is 0 Å². The second kappa shape index (κ2) is 6.86. The number of carbonyl (C=O) groups excluding carboxylic acids is 1. The van der Waals surface area contributed by atoms with Crippen LogP contribution >= 0.6 is 0 Å². The Kier molecular flexibility index (Phi) is 5.45. The van der Waals surface area contributed by atoms with Crippen molar-refractivity contribution < 1.29 is 14.3 Å². The summed E-state index contributed by atoms with van der Waals surface area (Å²) in [6.45, 7) is 5.25. The van der Waals surface area contributed by atoms with Crippen molar-refractivity contribution in [1.29, 1.82) is 0 Å². The molecule has 0 amide bonds. The molecule has 0 atom stereocenters. The summed E-state index contributed by atoms with van der Waals surface area (Å²) in [5, 5.41) is 3.16. The normalized spacial score (nSPS) is 10.4. The number of hydrogen-bond donors (Lipinski definition) is 2. The van der Waals surface area contributed by atoms with Gasteiger partial charge in [-0.05, 0) is 32.0 Å². The molecule has 0 saturated heterocycles. The van der Waals surface area contributed by atoms with Crippen molar-refractivity contribution in [2.75, 3.05) is 31.3 Å². The molecule has 0 bridgehead atoms. The van der Waals surface area contributed by atoms with Gasteiger partial charge in [-0.1, -0.05) is 0 Å². The maximum Gasteiger partial charge on any atom is 0.340 e. The summed E-state index contributed by atoms with van der Waals surface area (Å²) in [6.07, 6.45) is 0.212. The van der Waals surface area contributed by atoms with E-state index in [0.717, 1.165) is 5.69 Å². The first-order valence-corrected chi connectivity index (χ1v) is 5.88. The van der Waals surface area contributed by atoms with Gasteiger partial charge in [-0.3, -0.25) is 0 Å². The third-order valence-corrected chi connectivity index (χ3v) is 2.34. The molecule has 100 valence electrons. The first kappa shape index (κ1) is 14.3. The topological polar surface area (TPSA) is 73.6 Å². The second-order valence-corrected chi connectivity index (χ2v) is 4.14. The number of nitrogen functional groups attached to an aromatic ring is 1. The summed E-state index contributed by atoms with van der Waals surface area (Å²) in [6, 6.07) is 5.17. The number of benzene rings is 1. The molecule has 0 aliphatic carbocycles. The number of methoxy groups -OCH3 is 1. The van der Waals surface area contributed by atoms with Crippen LogP contribution in [0.1, 0.15) is 24.2 Å². The van der Waals surface area contributed by atoms with E-state index in [2.05, 4.69) is 10.1 Å². The van der Waals surface area contributed by atoms with E-state index in [1.807, 2.05) is 19.9 Å². The molecule has 0 saturated carbocycles. The molecule has 0 heterocycles. The van der Waals surface area contributed by atoms with Gasteiger partial charge < -0.3 is 20.5 Å². The van der Waals surface area contributed by atoms with Crippen LogP contribution in [0.5, 0.6) is 0 Å². The van der Waals surface area contributed by atoms with E-state index in [1.54, 1.807) is 12.1 Å². The number of anilines is 2. The van der Waals surface area contributed by atoms with Gasteiger partial charge in [0.15, 0.2) is 0 Å². The number of nitrogens with one attached hydrogen (secondary N) is 1. The van der Waals surface area contributed by atoms with Crippen molar-refractivity contribution in [2.45, 2.75) is 20.0 Å². The Morgan fingerprint density at radius 2 is 2.17 bits per heavy atom. The van der Waals surface area contributed by atoms with E-state index in [0.29, 0.717) is 24.4 Å². The Hall–Kier alpha value is -1.75. The highest BCUT2D eigenvalue weighted by atomic mass is 16.5. The number of hydrogen-bond acceptors (Lipinski definition) is 5. The van der Waals surface area contributed by atoms with E-state index in [-0.39, 0.29) is 6.10 Å². The molecule has 3 N–H and O–H groups in total. The van der Waals surface area contributed by atoms with Gasteiger partial charge in [0.05, 0.1) is 25.4 Å². The van der Waals surface area contributed by atoms with Crippen LogP contribution in [0.3, 0.4) is 0 Å². The summed E-state index contributed by atoms with van der Waals surface area (Å²) in [4.78, 5) is 11.5. The molecular weight excluding hydrogens is 232 g/mol. The fourth-order valence-electron chi connectivity index (χ4n) is 1.44. The Labute approximate surface area is 107 Å². The Bertz CT molecular complexity index is 405. The predicted molar refractivity (Wildman–Crippen MR) is 71.8 cm³/mol. The van der Waals surface area contributed by atoms with Crippen molar-refractivity contribution in [3.63, 3.8) is 0 Å². The molecule has 1 aromatic carbocycles. The van der Waals surface area contributed by atoms with Crippen molar-refractivity contribution in [1.82, 2.24) is 0 Å². The van der Waals surface area contributed by atoms with Crippen LogP contribution in [-0.2, 0) is 9.47 Å². The molecular formula is C13H20N2O3. The zero-order valence-electron chi connectivity index (χ0n) is 11.0. The van der Waals surface area contributed by atoms with Crippen LogP contribution in [0.4, 0.5) is 11.4 Å². The minimum absolute atomic E-state index is 0.212. The summed E-state index contributed by atoms with van der Waals surface area (Å²) in [7, 11) is 1.33. The molecule has 0 aliphatic rings. The van der Waals surface area contributed by atoms with Gasteiger partial charge in [0.1, 0.15) is 0 Å². The quantitative estimate of drug-likeness (QED) is 0.459. The van der Waals surface area contributed by atoms with Crippen LogP contribution < -0.4 is 11.1 Å². The number of esters is 1. The molecule has 0 aliphatic heterocycles. The van der Waals surface area contributed by atoms with Crippen molar-refractivity contribution in [3.8, 4) is 0 Å². The molecule has 1 aromatic rings. The average Bonchev–Trinajstić information content (AvgIpc) is 2.35. The smallest absolute Gasteiger partial charge is 0.340 e. The van der Waals surface area contributed by atoms with Gasteiger partial charge in [-0.25, -0.2) is 4.79 Å². The Balaban J connectivity index is 2.59. The highest BCUT2D eigenvalue weighted by Gasteiger charge is 2.10. The van der Waals surface area contributed by atoms with Gasteiger partial charge in [0, 0.05) is 17.9 Å². The number of rotatable bonds is 6. The predicted octanol–water partition coefficient (Wildman–Crippen LogP) is 1.89. The van der Waals surface area contributed by atoms with Gasteiger partial charge in [-0.2, -0.15) is 0 Å². The lowest BCUT2D eigenvalue weighted by molar-refractivity contribution is 0.0602. The molecule has 0 fully saturated rings. The van der Waals surface area contributed by atoms with E-state index in [9.17, 15) is 4.79 Å². The lowest BCUT2D eigenvalue weighted by Crippen LogP contribution is -2.14. The largest absolute Gasteiger partial charge is 0.465 e. The van der Waals surface area contributed by atoms with Crippen molar-refractivity contribution in [3.05, 3.63) is 23.8 Å². The van der Waals surface area contributed by atoms with E-state index < -0.39 is 5.97 Å². The monoisotopic (exact) mass is 252 g/mol. The maximum absolute atomic E-state index is 11.5. The molecule has 18 heavy (non-hydrogen) atoms. The maximum atomic E-state index is 11.5. The lowest BCUT2D eigenvalue weighted by Gasteiger charge is -2.11. The first-order chi connectivity index (χ1) is 8.54. The third-order valence-electron chi connectivity index (χ3n) is 2.34.